The molecular formula is C19H19N5O5. The normalized spacial score (nSPS) is 15.3. The Morgan fingerprint density at radius 3 is 2.72 bits per heavy atom. The first-order valence-corrected chi connectivity index (χ1v) is 8.91. The van der Waals surface area contributed by atoms with E-state index in [0.29, 0.717) is 0 Å². The van der Waals surface area contributed by atoms with Crippen LogP contribution < -0.4 is 4.74 Å². The van der Waals surface area contributed by atoms with Crippen LogP contribution >= 0.6 is 0 Å². The summed E-state index contributed by atoms with van der Waals surface area (Å²) in [6.45, 7) is 1.83. The van der Waals surface area contributed by atoms with Crippen LogP contribution in [0.4, 0.5) is 0 Å². The van der Waals surface area contributed by atoms with Crippen molar-refractivity contribution in [2.24, 2.45) is 0 Å². The summed E-state index contributed by atoms with van der Waals surface area (Å²) in [5, 5.41) is 4.16. The topological polar surface area (TPSA) is 127 Å². The Morgan fingerprint density at radius 1 is 1.34 bits per heavy atom. The fourth-order valence-electron chi connectivity index (χ4n) is 2.99. The van der Waals surface area contributed by atoms with Gasteiger partial charge in [0.15, 0.2) is 11.4 Å². The van der Waals surface area contributed by atoms with Gasteiger partial charge >= 0.3 is 12.2 Å². The number of hydrogen-bond donors (Lipinski definition) is 0. The van der Waals surface area contributed by atoms with E-state index in [4.69, 9.17) is 15.0 Å². The van der Waals surface area contributed by atoms with Crippen molar-refractivity contribution < 1.29 is 28.6 Å². The summed E-state index contributed by atoms with van der Waals surface area (Å²) in [6.07, 6.45) is 0.730. The Hall–Kier alpha value is -3.78. The molecule has 1 unspecified atom stereocenters. The summed E-state index contributed by atoms with van der Waals surface area (Å²) in [6, 6.07) is 8.22. The van der Waals surface area contributed by atoms with Crippen molar-refractivity contribution in [3.63, 3.8) is 0 Å². The second-order valence-corrected chi connectivity index (χ2v) is 6.31. The van der Waals surface area contributed by atoms with E-state index >= 15 is 0 Å². The average molecular weight is 397 g/mol. The Kier molecular flexibility index (Phi) is 5.85. The second-order valence-electron chi connectivity index (χ2n) is 6.31. The summed E-state index contributed by atoms with van der Waals surface area (Å²) in [5.41, 5.74) is 9.29. The molecule has 10 heteroatoms. The van der Waals surface area contributed by atoms with Crippen LogP contribution in [0.3, 0.4) is 0 Å². The number of carbonyl (C=O) groups is 3. The van der Waals surface area contributed by atoms with Crippen LogP contribution in [0.1, 0.15) is 39.5 Å². The first kappa shape index (κ1) is 20.0. The van der Waals surface area contributed by atoms with Gasteiger partial charge in [0.1, 0.15) is 12.6 Å². The highest BCUT2D eigenvalue weighted by molar-refractivity contribution is 6.27. The van der Waals surface area contributed by atoms with Crippen molar-refractivity contribution in [3.8, 4) is 5.75 Å². The number of rotatable bonds is 7. The monoisotopic (exact) mass is 397 g/mol. The van der Waals surface area contributed by atoms with E-state index in [-0.39, 0.29) is 36.9 Å². The van der Waals surface area contributed by atoms with Gasteiger partial charge in [-0.1, -0.05) is 30.3 Å². The molecule has 29 heavy (non-hydrogen) atoms. The maximum absolute atomic E-state index is 12.8. The largest absolute Gasteiger partial charge is 0.484 e. The molecule has 10 nitrogen and oxygen atoms in total. The summed E-state index contributed by atoms with van der Waals surface area (Å²) < 4.78 is 12.0. The van der Waals surface area contributed by atoms with Gasteiger partial charge in [0.05, 0.1) is 13.2 Å². The quantitative estimate of drug-likeness (QED) is 0.298. The number of carbonyl (C=O) groups excluding carboxylic acids is 3. The molecule has 0 saturated carbocycles. The Balaban J connectivity index is 2.09. The van der Waals surface area contributed by atoms with Crippen molar-refractivity contribution in [2.45, 2.75) is 19.6 Å². The van der Waals surface area contributed by atoms with Gasteiger partial charge < -0.3 is 19.9 Å². The molecule has 1 aliphatic heterocycles. The third-order valence-electron chi connectivity index (χ3n) is 4.37. The van der Waals surface area contributed by atoms with E-state index in [1.807, 2.05) is 30.3 Å². The van der Waals surface area contributed by atoms with E-state index in [0.717, 1.165) is 16.5 Å². The molecule has 0 bridgehead atoms. The lowest BCUT2D eigenvalue weighted by Crippen LogP contribution is -2.44. The zero-order chi connectivity index (χ0) is 21.0. The second kappa shape index (κ2) is 8.49. The zero-order valence-corrected chi connectivity index (χ0v) is 15.9. The lowest BCUT2D eigenvalue weighted by atomic mass is 10.1. The Labute approximate surface area is 166 Å². The molecular weight excluding hydrogens is 378 g/mol. The predicted molar refractivity (Wildman–Crippen MR) is 99.6 cm³/mol. The first-order valence-electron chi connectivity index (χ1n) is 8.91. The number of benzene rings is 1. The number of hydrogen-bond acceptors (Lipinski definition) is 6. The summed E-state index contributed by atoms with van der Waals surface area (Å²) in [4.78, 5) is 41.7. The number of fused-ring (bicyclic) bond motifs is 1. The van der Waals surface area contributed by atoms with E-state index < -0.39 is 23.7 Å². The number of aromatic nitrogens is 2. The number of esters is 1. The maximum atomic E-state index is 12.8. The van der Waals surface area contributed by atoms with Crippen LogP contribution in [0.5, 0.6) is 5.75 Å². The highest BCUT2D eigenvalue weighted by atomic mass is 16.5. The molecule has 0 fully saturated rings. The molecule has 0 aliphatic carbocycles. The van der Waals surface area contributed by atoms with Crippen molar-refractivity contribution in [1.82, 2.24) is 14.7 Å². The fourth-order valence-corrected chi connectivity index (χ4v) is 2.99. The van der Waals surface area contributed by atoms with Crippen LogP contribution in [0.25, 0.3) is 5.53 Å². The van der Waals surface area contributed by atoms with Gasteiger partial charge in [-0.25, -0.2) is 9.48 Å². The van der Waals surface area contributed by atoms with Gasteiger partial charge in [-0.15, -0.1) is 0 Å². The summed E-state index contributed by atoms with van der Waals surface area (Å²) in [7, 11) is 1.51. The van der Waals surface area contributed by atoms with Crippen LogP contribution in [0, 0.1) is 0 Å². The minimum Gasteiger partial charge on any atom is -0.484 e. The van der Waals surface area contributed by atoms with E-state index in [2.05, 4.69) is 9.89 Å². The standard InChI is InChI=1S/C19H19N5O5/c1-3-28-19(27)15-17(29-11-12-7-5-4-6-8-12)16-18(26)23(2)10-13(24(16)22-15)14(25)9-21-20/h4-9,13H,3,10-11H2,1-2H3. The van der Waals surface area contributed by atoms with Gasteiger partial charge in [-0.3, -0.25) is 9.59 Å². The minimum atomic E-state index is -0.967. The van der Waals surface area contributed by atoms with Crippen LogP contribution in [-0.2, 0) is 16.1 Å². The molecule has 1 aliphatic rings. The average Bonchev–Trinajstić information content (AvgIpc) is 3.10. The van der Waals surface area contributed by atoms with Crippen molar-refractivity contribution in [1.29, 1.82) is 0 Å². The minimum absolute atomic E-state index is 0.00123. The van der Waals surface area contributed by atoms with E-state index in [1.165, 1.54) is 11.9 Å². The van der Waals surface area contributed by atoms with Crippen molar-refractivity contribution in [2.75, 3.05) is 20.2 Å². The molecule has 1 amide bonds. The highest BCUT2D eigenvalue weighted by Gasteiger charge is 2.41. The number of amides is 1. The van der Waals surface area contributed by atoms with Gasteiger partial charge in [-0.05, 0) is 12.5 Å². The van der Waals surface area contributed by atoms with Crippen LogP contribution in [0.15, 0.2) is 30.3 Å². The molecule has 0 saturated heterocycles. The molecule has 150 valence electrons. The number of Topliss-reactive ketones (excluding diaryl/α,β-unsaturated/α-hetero) is 1. The molecule has 1 atom stereocenters. The first-order chi connectivity index (χ1) is 14.0. The maximum Gasteiger partial charge on any atom is 0.362 e. The lowest BCUT2D eigenvalue weighted by molar-refractivity contribution is -0.119. The number of ether oxygens (including phenoxy) is 2. The summed E-state index contributed by atoms with van der Waals surface area (Å²) >= 11 is 0. The Morgan fingerprint density at radius 2 is 2.07 bits per heavy atom. The van der Waals surface area contributed by atoms with Crippen molar-refractivity contribution >= 4 is 23.9 Å². The van der Waals surface area contributed by atoms with Crippen molar-refractivity contribution in [3.05, 3.63) is 52.8 Å². The SMILES string of the molecule is CCOC(=O)c1nn2c(c1OCc1ccccc1)C(=O)N(C)CC2C(=O)C=[N+]=[N-]. The van der Waals surface area contributed by atoms with Crippen LogP contribution in [0.2, 0.25) is 0 Å². The third kappa shape index (κ3) is 3.92. The molecule has 3 rings (SSSR count). The molecule has 1 aromatic heterocycles. The lowest BCUT2D eigenvalue weighted by Gasteiger charge is -2.28. The van der Waals surface area contributed by atoms with Gasteiger partial charge in [-0.2, -0.15) is 9.89 Å². The number of likely N-dealkylation sites (N-methyl/N-ethyl adjacent to an activating group) is 1. The molecule has 1 aromatic carbocycles. The Bertz CT molecular complexity index is 994. The molecule has 0 spiro atoms. The predicted octanol–water partition coefficient (Wildman–Crippen LogP) is 1.14. The number of nitrogens with zero attached hydrogens (tertiary/aromatic N) is 5. The molecule has 0 radical (unpaired) electrons. The van der Waals surface area contributed by atoms with E-state index in [9.17, 15) is 14.4 Å². The zero-order valence-electron chi connectivity index (χ0n) is 15.9. The highest BCUT2D eigenvalue weighted by Crippen LogP contribution is 2.32. The fraction of sp³-hybridized carbons (Fsp3) is 0.316. The third-order valence-corrected chi connectivity index (χ3v) is 4.37. The van der Waals surface area contributed by atoms with Gasteiger partial charge in [0.2, 0.25) is 5.69 Å². The smallest absolute Gasteiger partial charge is 0.362 e. The van der Waals surface area contributed by atoms with Gasteiger partial charge in [0.25, 0.3) is 11.7 Å². The van der Waals surface area contributed by atoms with E-state index in [1.54, 1.807) is 6.92 Å². The molecule has 2 heterocycles. The molecule has 2 aromatic rings. The van der Waals surface area contributed by atoms with Gasteiger partial charge in [0, 0.05) is 7.05 Å². The summed E-state index contributed by atoms with van der Waals surface area (Å²) in [5.74, 6) is -1.86. The van der Waals surface area contributed by atoms with Crippen LogP contribution in [-0.4, -0.2) is 63.5 Å². The number of ketones is 1. The molecule has 0 N–H and O–H groups in total.